The number of fused-ring (bicyclic) bond motifs is 1. The molecule has 0 aliphatic rings. The van der Waals surface area contributed by atoms with E-state index in [4.69, 9.17) is 9.47 Å². The van der Waals surface area contributed by atoms with E-state index < -0.39 is 0 Å². The van der Waals surface area contributed by atoms with Crippen molar-refractivity contribution >= 4 is 16.9 Å². The molecule has 1 amide bonds. The number of amides is 1. The number of nitrogens with one attached hydrogen (secondary N) is 2. The lowest BCUT2D eigenvalue weighted by Crippen LogP contribution is -2.27. The zero-order chi connectivity index (χ0) is 18.5. The second-order valence-corrected chi connectivity index (χ2v) is 6.15. The van der Waals surface area contributed by atoms with Crippen LogP contribution in [0.15, 0.2) is 42.7 Å². The van der Waals surface area contributed by atoms with E-state index in [2.05, 4.69) is 15.3 Å². The zero-order valence-electron chi connectivity index (χ0n) is 15.2. The molecule has 1 heterocycles. The minimum absolute atomic E-state index is 0.00733. The second kappa shape index (κ2) is 7.91. The fraction of sp³-hybridized carbons (Fsp3) is 0.300. The van der Waals surface area contributed by atoms with Gasteiger partial charge in [-0.15, -0.1) is 0 Å². The summed E-state index contributed by atoms with van der Waals surface area (Å²) in [7, 11) is 3.23. The molecular formula is C20H23N3O3. The molecule has 3 aromatic rings. The number of rotatable bonds is 7. The fourth-order valence-corrected chi connectivity index (χ4v) is 2.97. The molecule has 136 valence electrons. The van der Waals surface area contributed by atoms with Gasteiger partial charge in [0.25, 0.3) is 0 Å². The summed E-state index contributed by atoms with van der Waals surface area (Å²) in [5.41, 5.74) is 3.90. The average molecular weight is 353 g/mol. The maximum atomic E-state index is 12.4. The third-order valence-electron chi connectivity index (χ3n) is 4.41. The van der Waals surface area contributed by atoms with Crippen LogP contribution in [-0.4, -0.2) is 30.1 Å². The smallest absolute Gasteiger partial charge is 0.220 e. The Kier molecular flexibility index (Phi) is 5.41. The van der Waals surface area contributed by atoms with Gasteiger partial charge in [0, 0.05) is 12.0 Å². The summed E-state index contributed by atoms with van der Waals surface area (Å²) in [6, 6.07) is 11.4. The topological polar surface area (TPSA) is 76.2 Å². The first kappa shape index (κ1) is 17.8. The van der Waals surface area contributed by atoms with Crippen molar-refractivity contribution in [3.05, 3.63) is 53.9 Å². The monoisotopic (exact) mass is 353 g/mol. The van der Waals surface area contributed by atoms with Crippen molar-refractivity contribution in [3.8, 4) is 11.5 Å². The van der Waals surface area contributed by atoms with Crippen LogP contribution >= 0.6 is 0 Å². The summed E-state index contributed by atoms with van der Waals surface area (Å²) < 4.78 is 10.7. The molecule has 0 radical (unpaired) electrons. The highest BCUT2D eigenvalue weighted by Gasteiger charge is 2.15. The molecule has 6 heteroatoms. The number of aromatic amines is 1. The first-order chi connectivity index (χ1) is 12.6. The maximum absolute atomic E-state index is 12.4. The number of ether oxygens (including phenoxy) is 2. The lowest BCUT2D eigenvalue weighted by atomic mass is 10.1. The molecule has 0 unspecified atom stereocenters. The Balaban J connectivity index is 1.62. The molecule has 0 fully saturated rings. The van der Waals surface area contributed by atoms with Crippen LogP contribution in [0.3, 0.4) is 0 Å². The number of benzene rings is 2. The van der Waals surface area contributed by atoms with E-state index in [1.54, 1.807) is 20.5 Å². The Hall–Kier alpha value is -3.02. The van der Waals surface area contributed by atoms with Crippen molar-refractivity contribution in [1.29, 1.82) is 0 Å². The first-order valence-corrected chi connectivity index (χ1v) is 8.54. The lowest BCUT2D eigenvalue weighted by molar-refractivity contribution is -0.121. The van der Waals surface area contributed by atoms with Crippen LogP contribution in [0.5, 0.6) is 11.5 Å². The molecule has 6 nitrogen and oxygen atoms in total. The molecule has 1 aromatic heterocycles. The molecule has 0 bridgehead atoms. The van der Waals surface area contributed by atoms with Crippen molar-refractivity contribution in [1.82, 2.24) is 15.3 Å². The maximum Gasteiger partial charge on any atom is 0.220 e. The van der Waals surface area contributed by atoms with Crippen LogP contribution in [0.1, 0.15) is 30.5 Å². The standard InChI is InChI=1S/C20H23N3O3/c1-13(16-11-15(25-2)6-8-19(16)26-3)23-20(24)9-5-14-4-7-17-18(10-14)22-12-21-17/h4,6-8,10-13H,5,9H2,1-3H3,(H,21,22)(H,23,24)/t13-/m1/s1. The van der Waals surface area contributed by atoms with E-state index in [1.165, 1.54) is 0 Å². The van der Waals surface area contributed by atoms with Gasteiger partial charge in [-0.3, -0.25) is 4.79 Å². The summed E-state index contributed by atoms with van der Waals surface area (Å²) in [5.74, 6) is 1.45. The number of aromatic nitrogens is 2. The summed E-state index contributed by atoms with van der Waals surface area (Å²) in [5, 5.41) is 3.03. The molecule has 0 saturated heterocycles. The van der Waals surface area contributed by atoms with Gasteiger partial charge in [0.2, 0.25) is 5.91 Å². The molecule has 0 aliphatic carbocycles. The fourth-order valence-electron chi connectivity index (χ4n) is 2.97. The summed E-state index contributed by atoms with van der Waals surface area (Å²) in [4.78, 5) is 19.7. The molecule has 2 N–H and O–H groups in total. The molecule has 0 saturated carbocycles. The number of carbonyl (C=O) groups excluding carboxylic acids is 1. The van der Waals surface area contributed by atoms with E-state index in [-0.39, 0.29) is 11.9 Å². The highest BCUT2D eigenvalue weighted by Crippen LogP contribution is 2.29. The molecule has 2 aromatic carbocycles. The van der Waals surface area contributed by atoms with E-state index >= 15 is 0 Å². The third-order valence-corrected chi connectivity index (χ3v) is 4.41. The van der Waals surface area contributed by atoms with Gasteiger partial charge in [-0.2, -0.15) is 0 Å². The SMILES string of the molecule is COc1ccc(OC)c([C@@H](C)NC(=O)CCc2ccc3nc[nH]c3c2)c1. The highest BCUT2D eigenvalue weighted by atomic mass is 16.5. The molecular weight excluding hydrogens is 330 g/mol. The van der Waals surface area contributed by atoms with Crippen LogP contribution in [0.25, 0.3) is 11.0 Å². The number of hydrogen-bond donors (Lipinski definition) is 2. The van der Waals surface area contributed by atoms with Crippen molar-refractivity contribution in [2.45, 2.75) is 25.8 Å². The van der Waals surface area contributed by atoms with Gasteiger partial charge in [-0.1, -0.05) is 6.07 Å². The van der Waals surface area contributed by atoms with Gasteiger partial charge in [-0.05, 0) is 49.2 Å². The Morgan fingerprint density at radius 1 is 1.19 bits per heavy atom. The third kappa shape index (κ3) is 3.96. The van der Waals surface area contributed by atoms with Gasteiger partial charge in [0.1, 0.15) is 11.5 Å². The van der Waals surface area contributed by atoms with Crippen molar-refractivity contribution < 1.29 is 14.3 Å². The van der Waals surface area contributed by atoms with Gasteiger partial charge in [0.15, 0.2) is 0 Å². The number of imidazole rings is 1. The molecule has 3 rings (SSSR count). The normalized spacial score (nSPS) is 12.0. The number of carbonyl (C=O) groups is 1. The quantitative estimate of drug-likeness (QED) is 0.683. The molecule has 26 heavy (non-hydrogen) atoms. The Morgan fingerprint density at radius 2 is 2.04 bits per heavy atom. The van der Waals surface area contributed by atoms with Crippen LogP contribution in [0.2, 0.25) is 0 Å². The highest BCUT2D eigenvalue weighted by molar-refractivity contribution is 5.78. The first-order valence-electron chi connectivity index (χ1n) is 8.54. The van der Waals surface area contributed by atoms with Crippen molar-refractivity contribution in [2.75, 3.05) is 14.2 Å². The summed E-state index contributed by atoms with van der Waals surface area (Å²) in [6.45, 7) is 1.94. The Morgan fingerprint density at radius 3 is 2.81 bits per heavy atom. The predicted octanol–water partition coefficient (Wildman–Crippen LogP) is 3.39. The van der Waals surface area contributed by atoms with Crippen LogP contribution < -0.4 is 14.8 Å². The van der Waals surface area contributed by atoms with E-state index in [9.17, 15) is 4.79 Å². The molecule has 0 spiro atoms. The molecule has 0 aliphatic heterocycles. The van der Waals surface area contributed by atoms with Crippen LogP contribution in [0.4, 0.5) is 0 Å². The number of aryl methyl sites for hydroxylation is 1. The Bertz CT molecular complexity index is 904. The minimum Gasteiger partial charge on any atom is -0.497 e. The predicted molar refractivity (Wildman–Crippen MR) is 101 cm³/mol. The van der Waals surface area contributed by atoms with Gasteiger partial charge < -0.3 is 19.8 Å². The zero-order valence-corrected chi connectivity index (χ0v) is 15.2. The van der Waals surface area contributed by atoms with E-state index in [0.29, 0.717) is 12.8 Å². The van der Waals surface area contributed by atoms with Gasteiger partial charge in [-0.25, -0.2) is 4.98 Å². The van der Waals surface area contributed by atoms with Crippen LogP contribution in [-0.2, 0) is 11.2 Å². The van der Waals surface area contributed by atoms with Gasteiger partial charge >= 0.3 is 0 Å². The summed E-state index contributed by atoms with van der Waals surface area (Å²) >= 11 is 0. The second-order valence-electron chi connectivity index (χ2n) is 6.15. The number of H-pyrrole nitrogens is 1. The lowest BCUT2D eigenvalue weighted by Gasteiger charge is -2.18. The minimum atomic E-state index is -0.178. The number of nitrogens with zero attached hydrogens (tertiary/aromatic N) is 1. The van der Waals surface area contributed by atoms with Crippen molar-refractivity contribution in [3.63, 3.8) is 0 Å². The van der Waals surface area contributed by atoms with Gasteiger partial charge in [0.05, 0.1) is 37.6 Å². The largest absolute Gasteiger partial charge is 0.497 e. The molecule has 1 atom stereocenters. The van der Waals surface area contributed by atoms with E-state index in [1.807, 2.05) is 43.3 Å². The summed E-state index contributed by atoms with van der Waals surface area (Å²) in [6.07, 6.45) is 2.75. The number of hydrogen-bond acceptors (Lipinski definition) is 4. The average Bonchev–Trinajstić information content (AvgIpc) is 3.13. The Labute approximate surface area is 152 Å². The number of methoxy groups -OCH3 is 2. The van der Waals surface area contributed by atoms with Crippen molar-refractivity contribution in [2.24, 2.45) is 0 Å². The van der Waals surface area contributed by atoms with E-state index in [0.717, 1.165) is 33.7 Å². The van der Waals surface area contributed by atoms with Crippen LogP contribution in [0, 0.1) is 0 Å².